The minimum Gasteiger partial charge on any atom is -0.451 e. The van der Waals surface area contributed by atoms with Gasteiger partial charge in [0.15, 0.2) is 17.4 Å². The summed E-state index contributed by atoms with van der Waals surface area (Å²) in [6, 6.07) is 7.21. The van der Waals surface area contributed by atoms with Crippen molar-refractivity contribution in [3.8, 4) is 23.6 Å². The number of hydrazone groups is 1. The van der Waals surface area contributed by atoms with E-state index in [4.69, 9.17) is 15.3 Å². The smallest absolute Gasteiger partial charge is 0.416 e. The molecule has 138 valence electrons. The fourth-order valence-corrected chi connectivity index (χ4v) is 2.29. The van der Waals surface area contributed by atoms with Crippen LogP contribution >= 0.6 is 15.9 Å². The SMILES string of the molecule is N#CC(C#N)=NNc1cc(Br)cc(Oc2c(F)cc(C(F)(F)F)cc2F)c1. The zero-order valence-electron chi connectivity index (χ0n) is 12.9. The Morgan fingerprint density at radius 1 is 1.04 bits per heavy atom. The van der Waals surface area contributed by atoms with Crippen LogP contribution in [0.25, 0.3) is 0 Å². The normalized spacial score (nSPS) is 10.5. The van der Waals surface area contributed by atoms with Crippen molar-refractivity contribution in [2.75, 3.05) is 5.43 Å². The Morgan fingerprint density at radius 2 is 1.63 bits per heavy atom. The Kier molecular flexibility index (Phi) is 5.98. The number of alkyl halides is 3. The van der Waals surface area contributed by atoms with Crippen molar-refractivity contribution in [2.24, 2.45) is 5.10 Å². The lowest BCUT2D eigenvalue weighted by Crippen LogP contribution is -2.07. The number of nitrogens with one attached hydrogen (secondary N) is 1. The van der Waals surface area contributed by atoms with E-state index in [0.29, 0.717) is 4.47 Å². The Bertz CT molecular complexity index is 953. The molecule has 0 bridgehead atoms. The molecule has 0 unspecified atom stereocenters. The van der Waals surface area contributed by atoms with E-state index in [1.165, 1.54) is 30.3 Å². The third-order valence-corrected chi connectivity index (χ3v) is 3.38. The number of nitrogens with zero attached hydrogens (tertiary/aromatic N) is 3. The molecular weight excluding hydrogens is 439 g/mol. The van der Waals surface area contributed by atoms with Crippen LogP contribution in [0.1, 0.15) is 5.56 Å². The molecule has 0 spiro atoms. The van der Waals surface area contributed by atoms with Gasteiger partial charge in [-0.1, -0.05) is 15.9 Å². The van der Waals surface area contributed by atoms with Crippen LogP contribution in [-0.2, 0) is 6.18 Å². The molecule has 0 amide bonds. The van der Waals surface area contributed by atoms with E-state index in [1.54, 1.807) is 0 Å². The molecule has 0 heterocycles. The molecule has 27 heavy (non-hydrogen) atoms. The molecule has 0 radical (unpaired) electrons. The lowest BCUT2D eigenvalue weighted by atomic mass is 10.2. The van der Waals surface area contributed by atoms with Crippen molar-refractivity contribution >= 4 is 27.3 Å². The molecule has 0 aliphatic rings. The van der Waals surface area contributed by atoms with Crippen LogP contribution in [0.2, 0.25) is 0 Å². The van der Waals surface area contributed by atoms with Gasteiger partial charge >= 0.3 is 6.18 Å². The second-order valence-electron chi connectivity index (χ2n) is 4.84. The van der Waals surface area contributed by atoms with Gasteiger partial charge in [-0.2, -0.15) is 28.8 Å². The Morgan fingerprint density at radius 3 is 2.15 bits per heavy atom. The molecule has 5 nitrogen and oxygen atoms in total. The molecule has 0 saturated heterocycles. The third-order valence-electron chi connectivity index (χ3n) is 2.93. The number of halogens is 6. The topological polar surface area (TPSA) is 81.2 Å². The maximum Gasteiger partial charge on any atom is 0.416 e. The van der Waals surface area contributed by atoms with Crippen LogP contribution in [0.4, 0.5) is 27.6 Å². The third kappa shape index (κ3) is 5.15. The fourth-order valence-electron chi connectivity index (χ4n) is 1.82. The van der Waals surface area contributed by atoms with Gasteiger partial charge in [0.2, 0.25) is 5.71 Å². The van der Waals surface area contributed by atoms with Crippen LogP contribution in [0, 0.1) is 34.3 Å². The maximum absolute atomic E-state index is 13.9. The van der Waals surface area contributed by atoms with Crippen LogP contribution in [0.3, 0.4) is 0 Å². The van der Waals surface area contributed by atoms with Gasteiger partial charge < -0.3 is 4.74 Å². The predicted molar refractivity (Wildman–Crippen MR) is 87.9 cm³/mol. The van der Waals surface area contributed by atoms with Crippen molar-refractivity contribution in [2.45, 2.75) is 6.18 Å². The molecule has 0 aromatic heterocycles. The average Bonchev–Trinajstić information content (AvgIpc) is 2.57. The van der Waals surface area contributed by atoms with E-state index in [0.717, 1.165) is 0 Å². The van der Waals surface area contributed by atoms with Crippen molar-refractivity contribution in [3.63, 3.8) is 0 Å². The summed E-state index contributed by atoms with van der Waals surface area (Å²) < 4.78 is 70.9. The van der Waals surface area contributed by atoms with Gasteiger partial charge in [-0.25, -0.2) is 8.78 Å². The number of ether oxygens (including phenoxy) is 1. The highest BCUT2D eigenvalue weighted by atomic mass is 79.9. The quantitative estimate of drug-likeness (QED) is 0.391. The molecule has 2 aromatic rings. The Balaban J connectivity index is 2.35. The van der Waals surface area contributed by atoms with Crippen molar-refractivity contribution in [1.82, 2.24) is 0 Å². The highest BCUT2D eigenvalue weighted by Crippen LogP contribution is 2.36. The number of hydrogen-bond donors (Lipinski definition) is 1. The van der Waals surface area contributed by atoms with Gasteiger partial charge in [0.25, 0.3) is 0 Å². The molecule has 0 aliphatic carbocycles. The minimum absolute atomic E-state index is 0.117. The lowest BCUT2D eigenvalue weighted by molar-refractivity contribution is -0.138. The first-order valence-electron chi connectivity index (χ1n) is 6.82. The first-order chi connectivity index (χ1) is 12.6. The van der Waals surface area contributed by atoms with E-state index < -0.39 is 34.8 Å². The summed E-state index contributed by atoms with van der Waals surface area (Å²) in [6.07, 6.45) is -4.91. The average molecular weight is 445 g/mol. The van der Waals surface area contributed by atoms with Gasteiger partial charge in [0, 0.05) is 10.5 Å². The zero-order chi connectivity index (χ0) is 20.2. The van der Waals surface area contributed by atoms with Gasteiger partial charge in [-0.3, -0.25) is 5.43 Å². The molecule has 0 atom stereocenters. The van der Waals surface area contributed by atoms with Crippen LogP contribution < -0.4 is 10.2 Å². The van der Waals surface area contributed by atoms with Crippen LogP contribution in [0.15, 0.2) is 39.9 Å². The molecule has 2 rings (SSSR count). The molecule has 0 saturated carbocycles. The van der Waals surface area contributed by atoms with E-state index in [9.17, 15) is 22.0 Å². The summed E-state index contributed by atoms with van der Waals surface area (Å²) in [7, 11) is 0. The molecule has 1 N–H and O–H groups in total. The zero-order valence-corrected chi connectivity index (χ0v) is 14.5. The van der Waals surface area contributed by atoms with E-state index in [-0.39, 0.29) is 23.6 Å². The summed E-state index contributed by atoms with van der Waals surface area (Å²) in [6.45, 7) is 0. The predicted octanol–water partition coefficient (Wildman–Crippen LogP) is 5.35. The van der Waals surface area contributed by atoms with Crippen molar-refractivity contribution in [1.29, 1.82) is 10.5 Å². The number of anilines is 1. The standard InChI is InChI=1S/C16H6BrF5N4O/c17-9-3-10(25-26-11(6-23)7-24)5-12(4-9)27-15-13(18)1-8(2-14(15)19)16(20,21)22/h1-5,25H. The summed E-state index contributed by atoms with van der Waals surface area (Å²) >= 11 is 3.11. The fraction of sp³-hybridized carbons (Fsp3) is 0.0625. The van der Waals surface area contributed by atoms with Gasteiger partial charge in [0.1, 0.15) is 17.9 Å². The second kappa shape index (κ2) is 8.01. The second-order valence-corrected chi connectivity index (χ2v) is 5.76. The van der Waals surface area contributed by atoms with E-state index in [1.807, 2.05) is 0 Å². The van der Waals surface area contributed by atoms with Gasteiger partial charge in [-0.05, 0) is 24.3 Å². The molecule has 11 heteroatoms. The van der Waals surface area contributed by atoms with E-state index in [2.05, 4.69) is 26.5 Å². The number of hydrogen-bond acceptors (Lipinski definition) is 5. The lowest BCUT2D eigenvalue weighted by Gasteiger charge is -2.12. The Hall–Kier alpha value is -3.18. The molecule has 0 fully saturated rings. The first-order valence-corrected chi connectivity index (χ1v) is 7.62. The van der Waals surface area contributed by atoms with Gasteiger partial charge in [0.05, 0.1) is 11.3 Å². The summed E-state index contributed by atoms with van der Waals surface area (Å²) in [5.74, 6) is -4.24. The minimum atomic E-state index is -4.91. The summed E-state index contributed by atoms with van der Waals surface area (Å²) in [5, 5.41) is 20.7. The summed E-state index contributed by atoms with van der Waals surface area (Å²) in [5.41, 5.74) is 0.580. The van der Waals surface area contributed by atoms with Crippen molar-refractivity contribution in [3.05, 3.63) is 52.0 Å². The molecular formula is C16H6BrF5N4O. The number of nitriles is 2. The molecule has 0 aliphatic heterocycles. The Labute approximate surface area is 157 Å². The molecule has 2 aromatic carbocycles. The van der Waals surface area contributed by atoms with Crippen LogP contribution in [-0.4, -0.2) is 5.71 Å². The summed E-state index contributed by atoms with van der Waals surface area (Å²) in [4.78, 5) is 0. The maximum atomic E-state index is 13.9. The van der Waals surface area contributed by atoms with Crippen LogP contribution in [0.5, 0.6) is 11.5 Å². The monoisotopic (exact) mass is 444 g/mol. The number of rotatable bonds is 4. The highest BCUT2D eigenvalue weighted by molar-refractivity contribution is 9.10. The number of benzene rings is 2. The largest absolute Gasteiger partial charge is 0.451 e. The van der Waals surface area contributed by atoms with Gasteiger partial charge in [-0.15, -0.1) is 0 Å². The highest BCUT2D eigenvalue weighted by Gasteiger charge is 2.33. The first kappa shape index (κ1) is 20.1. The van der Waals surface area contributed by atoms with Crippen molar-refractivity contribution < 1.29 is 26.7 Å². The van der Waals surface area contributed by atoms with E-state index >= 15 is 0 Å².